The molecule has 4 aliphatic rings. The van der Waals surface area contributed by atoms with Gasteiger partial charge in [-0.15, -0.1) is 0 Å². The molecule has 2 N–H and O–H groups in total. The van der Waals surface area contributed by atoms with Crippen LogP contribution in [0.2, 0.25) is 0 Å². The van der Waals surface area contributed by atoms with Gasteiger partial charge in [0.25, 0.3) is 0 Å². The van der Waals surface area contributed by atoms with E-state index >= 15 is 0 Å². The summed E-state index contributed by atoms with van der Waals surface area (Å²) in [6.45, 7) is 0. The fourth-order valence-corrected chi connectivity index (χ4v) is 7.00. The molecule has 0 aliphatic heterocycles. The molecule has 4 aliphatic carbocycles. The van der Waals surface area contributed by atoms with Crippen molar-refractivity contribution in [1.29, 1.82) is 0 Å². The molecule has 6 nitrogen and oxygen atoms in total. The minimum atomic E-state index is 0.0417. The number of carbonyl (C=O) groups is 1. The van der Waals surface area contributed by atoms with Crippen LogP contribution >= 0.6 is 12.2 Å². The zero-order valence-corrected chi connectivity index (χ0v) is 18.7. The van der Waals surface area contributed by atoms with Gasteiger partial charge in [-0.2, -0.15) is 4.98 Å². The third-order valence-corrected chi connectivity index (χ3v) is 7.71. The molecule has 0 spiro atoms. The molecule has 0 atom stereocenters. The average molecular weight is 447 g/mol. The lowest BCUT2D eigenvalue weighted by molar-refractivity contribution is -0.127. The zero-order chi connectivity index (χ0) is 21.7. The van der Waals surface area contributed by atoms with Crippen LogP contribution in [0, 0.1) is 23.2 Å². The highest BCUT2D eigenvalue weighted by Gasteiger charge is 2.51. The van der Waals surface area contributed by atoms with E-state index in [1.807, 2.05) is 36.4 Å². The average Bonchev–Trinajstić information content (AvgIpc) is 3.17. The molecule has 164 valence electrons. The van der Waals surface area contributed by atoms with Gasteiger partial charge in [-0.05, 0) is 110 Å². The highest BCUT2D eigenvalue weighted by molar-refractivity contribution is 7.80. The van der Waals surface area contributed by atoms with Crippen molar-refractivity contribution in [3.05, 3.63) is 42.6 Å². The van der Waals surface area contributed by atoms with Crippen molar-refractivity contribution in [1.82, 2.24) is 15.3 Å². The van der Waals surface area contributed by atoms with E-state index in [1.165, 1.54) is 38.5 Å². The van der Waals surface area contributed by atoms with Crippen molar-refractivity contribution < 1.29 is 9.21 Å². The number of amides is 1. The highest BCUT2D eigenvalue weighted by Crippen LogP contribution is 2.61. The van der Waals surface area contributed by atoms with Gasteiger partial charge in [-0.1, -0.05) is 0 Å². The molecule has 0 radical (unpaired) electrons. The smallest absolute Gasteiger partial charge is 0.228 e. The number of fused-ring (bicyclic) bond motifs is 1. The van der Waals surface area contributed by atoms with Gasteiger partial charge in [-0.25, -0.2) is 4.98 Å². The number of benzene rings is 1. The van der Waals surface area contributed by atoms with Gasteiger partial charge < -0.3 is 15.1 Å². The highest BCUT2D eigenvalue weighted by atomic mass is 32.1. The van der Waals surface area contributed by atoms with Gasteiger partial charge in [0.15, 0.2) is 16.3 Å². The number of rotatable bonds is 4. The Kier molecular flexibility index (Phi) is 4.75. The molecular formula is C25H26N4O2S. The molecule has 2 heterocycles. The van der Waals surface area contributed by atoms with E-state index in [-0.39, 0.29) is 11.3 Å². The normalized spacial score (nSPS) is 28.1. The molecule has 4 bridgehead atoms. The summed E-state index contributed by atoms with van der Waals surface area (Å²) < 4.78 is 5.77. The van der Waals surface area contributed by atoms with Crippen molar-refractivity contribution in [2.24, 2.45) is 23.2 Å². The predicted molar refractivity (Wildman–Crippen MR) is 127 cm³/mol. The quantitative estimate of drug-likeness (QED) is 0.529. The maximum absolute atomic E-state index is 12.8. The van der Waals surface area contributed by atoms with Crippen LogP contribution in [0.5, 0.6) is 0 Å². The van der Waals surface area contributed by atoms with Gasteiger partial charge in [-0.3, -0.25) is 4.79 Å². The first-order chi connectivity index (χ1) is 15.5. The first-order valence-electron chi connectivity index (χ1n) is 11.5. The van der Waals surface area contributed by atoms with Crippen molar-refractivity contribution in [2.45, 2.75) is 44.9 Å². The molecular weight excluding hydrogens is 420 g/mol. The SMILES string of the molecule is O=C(CC12CC3CC(CC(C3)C1)C2)NC(=S)Nc1ccc(-c2nc3ncccc3o2)cc1. The second kappa shape index (κ2) is 7.66. The van der Waals surface area contributed by atoms with E-state index in [1.54, 1.807) is 6.20 Å². The fourth-order valence-electron chi connectivity index (χ4n) is 6.77. The molecule has 7 rings (SSSR count). The van der Waals surface area contributed by atoms with Crippen LogP contribution in [0.25, 0.3) is 22.7 Å². The van der Waals surface area contributed by atoms with Crippen molar-refractivity contribution >= 4 is 40.2 Å². The van der Waals surface area contributed by atoms with E-state index in [9.17, 15) is 4.79 Å². The van der Waals surface area contributed by atoms with Gasteiger partial charge in [0.05, 0.1) is 0 Å². The van der Waals surface area contributed by atoms with E-state index in [2.05, 4.69) is 20.6 Å². The Bertz CT molecular complexity index is 1120. The molecule has 0 saturated heterocycles. The zero-order valence-electron chi connectivity index (χ0n) is 17.8. The second-order valence-electron chi connectivity index (χ2n) is 10.0. The number of nitrogens with one attached hydrogen (secondary N) is 2. The fraction of sp³-hybridized carbons (Fsp3) is 0.440. The van der Waals surface area contributed by atoms with Crippen molar-refractivity contribution in [3.63, 3.8) is 0 Å². The first-order valence-corrected chi connectivity index (χ1v) is 11.9. The summed E-state index contributed by atoms with van der Waals surface area (Å²) >= 11 is 5.41. The number of hydrogen-bond donors (Lipinski definition) is 2. The number of hydrogen-bond acceptors (Lipinski definition) is 5. The molecule has 2 aromatic heterocycles. The lowest BCUT2D eigenvalue weighted by atomic mass is 9.49. The summed E-state index contributed by atoms with van der Waals surface area (Å²) in [5.41, 5.74) is 3.12. The number of pyridine rings is 1. The van der Waals surface area contributed by atoms with Crippen LogP contribution in [0.3, 0.4) is 0 Å². The molecule has 1 amide bonds. The summed E-state index contributed by atoms with van der Waals surface area (Å²) in [7, 11) is 0. The summed E-state index contributed by atoms with van der Waals surface area (Å²) in [4.78, 5) is 21.4. The van der Waals surface area contributed by atoms with Crippen LogP contribution in [-0.4, -0.2) is 21.0 Å². The number of anilines is 1. The maximum atomic E-state index is 12.8. The minimum Gasteiger partial charge on any atom is -0.434 e. The van der Waals surface area contributed by atoms with Crippen LogP contribution < -0.4 is 10.6 Å². The number of carbonyl (C=O) groups excluding carboxylic acids is 1. The second-order valence-corrected chi connectivity index (χ2v) is 10.4. The van der Waals surface area contributed by atoms with Gasteiger partial charge >= 0.3 is 0 Å². The first kappa shape index (κ1) is 19.9. The summed E-state index contributed by atoms with van der Waals surface area (Å²) in [6, 6.07) is 11.3. The van der Waals surface area contributed by atoms with Crippen LogP contribution in [0.4, 0.5) is 5.69 Å². The largest absolute Gasteiger partial charge is 0.434 e. The Morgan fingerprint density at radius 3 is 2.41 bits per heavy atom. The number of aromatic nitrogens is 2. The molecule has 4 saturated carbocycles. The Balaban J connectivity index is 1.07. The maximum Gasteiger partial charge on any atom is 0.228 e. The van der Waals surface area contributed by atoms with Crippen LogP contribution in [-0.2, 0) is 4.79 Å². The van der Waals surface area contributed by atoms with E-state index in [0.717, 1.165) is 29.0 Å². The number of oxazole rings is 1. The van der Waals surface area contributed by atoms with E-state index < -0.39 is 0 Å². The van der Waals surface area contributed by atoms with Crippen LogP contribution in [0.1, 0.15) is 44.9 Å². The summed E-state index contributed by atoms with van der Waals surface area (Å²) in [5.74, 6) is 3.09. The molecule has 0 unspecified atom stereocenters. The minimum absolute atomic E-state index is 0.0417. The van der Waals surface area contributed by atoms with Crippen LogP contribution in [0.15, 0.2) is 47.0 Å². The van der Waals surface area contributed by atoms with Gasteiger partial charge in [0.1, 0.15) is 0 Å². The Morgan fingerprint density at radius 2 is 1.75 bits per heavy atom. The van der Waals surface area contributed by atoms with E-state index in [4.69, 9.17) is 16.6 Å². The molecule has 32 heavy (non-hydrogen) atoms. The summed E-state index contributed by atoms with van der Waals surface area (Å²) in [6.07, 6.45) is 10.1. The summed E-state index contributed by atoms with van der Waals surface area (Å²) in [5, 5.41) is 6.38. The van der Waals surface area contributed by atoms with Gasteiger partial charge in [0, 0.05) is 23.9 Å². The molecule has 1 aromatic carbocycles. The Labute approximate surface area is 192 Å². The molecule has 7 heteroatoms. The molecule has 4 fully saturated rings. The standard InChI is InChI=1S/C25H26N4O2S/c30-21(14-25-11-15-8-16(12-25)10-17(9-15)13-25)28-24(32)27-19-5-3-18(4-6-19)23-29-22-20(31-23)2-1-7-26-22/h1-7,15-17H,8-14H2,(H2,27,28,30,32). The third-order valence-electron chi connectivity index (χ3n) is 7.51. The number of nitrogens with zero attached hydrogens (tertiary/aromatic N) is 2. The third kappa shape index (κ3) is 3.79. The lowest BCUT2D eigenvalue weighted by Crippen LogP contribution is -2.48. The van der Waals surface area contributed by atoms with Gasteiger partial charge in [0.2, 0.25) is 11.8 Å². The van der Waals surface area contributed by atoms with Crippen molar-refractivity contribution in [2.75, 3.05) is 5.32 Å². The Morgan fingerprint density at radius 1 is 1.06 bits per heavy atom. The Hall–Kier alpha value is -2.80. The molecule has 3 aromatic rings. The number of thiocarbonyl (C=S) groups is 1. The topological polar surface area (TPSA) is 80.0 Å². The van der Waals surface area contributed by atoms with Crippen molar-refractivity contribution in [3.8, 4) is 11.5 Å². The van der Waals surface area contributed by atoms with E-state index in [0.29, 0.717) is 28.7 Å². The predicted octanol–water partition coefficient (Wildman–Crippen LogP) is 5.31. The monoisotopic (exact) mass is 446 g/mol. The lowest BCUT2D eigenvalue weighted by Gasteiger charge is -2.56.